The van der Waals surface area contributed by atoms with Crippen LogP contribution in [0.15, 0.2) is 27.5 Å². The van der Waals surface area contributed by atoms with Crippen molar-refractivity contribution in [3.05, 3.63) is 28.9 Å². The molecule has 2 rings (SSSR count). The quantitative estimate of drug-likeness (QED) is 0.852. The number of hydrogen-bond donors (Lipinski definition) is 1. The molecule has 0 saturated heterocycles. The van der Waals surface area contributed by atoms with Gasteiger partial charge in [0, 0.05) is 18.2 Å². The fraction of sp³-hybridized carbons (Fsp3) is 0.417. The van der Waals surface area contributed by atoms with E-state index >= 15 is 0 Å². The number of aromatic nitrogens is 2. The minimum Gasteiger partial charge on any atom is -0.406 e. The summed E-state index contributed by atoms with van der Waals surface area (Å²) in [5, 5.41) is 0. The van der Waals surface area contributed by atoms with Gasteiger partial charge in [0.25, 0.3) is 0 Å². The van der Waals surface area contributed by atoms with Crippen molar-refractivity contribution in [3.8, 4) is 0 Å². The smallest absolute Gasteiger partial charge is 0.406 e. The van der Waals surface area contributed by atoms with Crippen LogP contribution in [0.2, 0.25) is 0 Å². The molecule has 0 aliphatic carbocycles. The molecule has 0 aliphatic heterocycles. The molecular weight excluding hydrogens is 250 g/mol. The maximum Gasteiger partial charge on any atom is 0.421 e. The van der Waals surface area contributed by atoms with Gasteiger partial charge in [-0.3, -0.25) is 4.57 Å². The maximum atomic E-state index is 11.7. The summed E-state index contributed by atoms with van der Waals surface area (Å²) in [6.45, 7) is 4.39. The van der Waals surface area contributed by atoms with Gasteiger partial charge in [-0.05, 0) is 18.6 Å². The molecule has 0 unspecified atom stereocenters. The molecule has 0 bridgehead atoms. The predicted octanol–water partition coefficient (Wildman–Crippen LogP) is 1.69. The second-order valence-electron chi connectivity index (χ2n) is 4.84. The number of hydrogen-bond acceptors (Lipinski definition) is 4. The Morgan fingerprint density at radius 3 is 3.00 bits per heavy atom. The zero-order chi connectivity index (χ0) is 13.3. The van der Waals surface area contributed by atoms with Crippen LogP contribution in [0.25, 0.3) is 11.2 Å². The van der Waals surface area contributed by atoms with Crippen molar-refractivity contribution in [3.63, 3.8) is 0 Å². The zero-order valence-electron chi connectivity index (χ0n) is 10.3. The van der Waals surface area contributed by atoms with Gasteiger partial charge in [-0.1, -0.05) is 26.1 Å². The van der Waals surface area contributed by atoms with Crippen LogP contribution in [0.5, 0.6) is 0 Å². The summed E-state index contributed by atoms with van der Waals surface area (Å²) in [7, 11) is 0. The first kappa shape index (κ1) is 12.8. The molecule has 2 aromatic heterocycles. The maximum absolute atomic E-state index is 11.7. The molecule has 0 aromatic carbocycles. The average Bonchev–Trinajstić information content (AvgIpc) is 2.62. The van der Waals surface area contributed by atoms with Crippen LogP contribution in [-0.4, -0.2) is 14.5 Å². The Labute approximate surface area is 110 Å². The average molecular weight is 265 g/mol. The highest BCUT2D eigenvalue weighted by atomic mass is 32.1. The normalized spacial score (nSPS) is 11.9. The van der Waals surface area contributed by atoms with Crippen molar-refractivity contribution in [1.29, 1.82) is 0 Å². The Bertz CT molecular complexity index is 642. The van der Waals surface area contributed by atoms with Gasteiger partial charge >= 0.3 is 5.76 Å². The summed E-state index contributed by atoms with van der Waals surface area (Å²) in [4.78, 5) is 16.3. The van der Waals surface area contributed by atoms with E-state index in [0.29, 0.717) is 29.2 Å². The first-order chi connectivity index (χ1) is 8.42. The van der Waals surface area contributed by atoms with Crippen LogP contribution in [0.3, 0.4) is 0 Å². The lowest BCUT2D eigenvalue weighted by Gasteiger charge is -2.22. The van der Waals surface area contributed by atoms with Crippen LogP contribution >= 0.6 is 12.2 Å². The largest absolute Gasteiger partial charge is 0.421 e. The monoisotopic (exact) mass is 265 g/mol. The summed E-state index contributed by atoms with van der Waals surface area (Å²) >= 11 is 5.01. The lowest BCUT2D eigenvalue weighted by molar-refractivity contribution is 0.415. The van der Waals surface area contributed by atoms with Crippen molar-refractivity contribution in [2.45, 2.75) is 26.8 Å². The zero-order valence-corrected chi connectivity index (χ0v) is 11.2. The van der Waals surface area contributed by atoms with E-state index in [-0.39, 0.29) is 5.41 Å². The first-order valence-corrected chi connectivity index (χ1v) is 6.07. The van der Waals surface area contributed by atoms with E-state index in [4.69, 9.17) is 22.4 Å². The Morgan fingerprint density at radius 1 is 1.61 bits per heavy atom. The summed E-state index contributed by atoms with van der Waals surface area (Å²) in [6.07, 6.45) is 2.29. The predicted molar refractivity (Wildman–Crippen MR) is 73.5 cm³/mol. The number of nitrogens with two attached hydrogens (primary N) is 1. The Balaban J connectivity index is 2.30. The van der Waals surface area contributed by atoms with E-state index in [1.807, 2.05) is 13.8 Å². The molecule has 5 nitrogen and oxygen atoms in total. The van der Waals surface area contributed by atoms with Gasteiger partial charge < -0.3 is 10.2 Å². The number of oxazole rings is 1. The second kappa shape index (κ2) is 4.53. The molecule has 2 aromatic rings. The lowest BCUT2D eigenvalue weighted by Crippen LogP contribution is -2.31. The molecular formula is C12H15N3O2S. The van der Waals surface area contributed by atoms with Crippen molar-refractivity contribution >= 4 is 28.4 Å². The van der Waals surface area contributed by atoms with Gasteiger partial charge in [0.2, 0.25) is 0 Å². The van der Waals surface area contributed by atoms with Gasteiger partial charge in [0.15, 0.2) is 11.2 Å². The van der Waals surface area contributed by atoms with Crippen LogP contribution in [0.4, 0.5) is 0 Å². The van der Waals surface area contributed by atoms with E-state index in [0.717, 1.165) is 0 Å². The number of rotatable bonds is 4. The van der Waals surface area contributed by atoms with E-state index < -0.39 is 5.76 Å². The third-order valence-electron chi connectivity index (χ3n) is 3.05. The molecule has 0 fully saturated rings. The van der Waals surface area contributed by atoms with Crippen LogP contribution in [0, 0.1) is 5.41 Å². The highest BCUT2D eigenvalue weighted by Crippen LogP contribution is 2.22. The van der Waals surface area contributed by atoms with Crippen LogP contribution in [0.1, 0.15) is 20.3 Å². The van der Waals surface area contributed by atoms with Crippen LogP contribution < -0.4 is 11.5 Å². The lowest BCUT2D eigenvalue weighted by atomic mass is 9.89. The van der Waals surface area contributed by atoms with E-state index in [1.165, 1.54) is 4.57 Å². The van der Waals surface area contributed by atoms with Gasteiger partial charge in [-0.2, -0.15) is 0 Å². The number of nitrogens with zero attached hydrogens (tertiary/aromatic N) is 2. The third-order valence-corrected chi connectivity index (χ3v) is 3.60. The standard InChI is InChI=1S/C12H15N3O2S/c1-12(2,10(13)18)5-7-15-9-8(17-11(15)16)4-3-6-14-9/h3-4,6H,5,7H2,1-2H3,(H2,13,18). The molecule has 6 heteroatoms. The molecule has 0 atom stereocenters. The van der Waals surface area contributed by atoms with Gasteiger partial charge in [-0.25, -0.2) is 9.78 Å². The molecule has 0 saturated carbocycles. The van der Waals surface area contributed by atoms with Crippen molar-refractivity contribution < 1.29 is 4.42 Å². The number of fused-ring (bicyclic) bond motifs is 1. The van der Waals surface area contributed by atoms with E-state index in [1.54, 1.807) is 18.3 Å². The van der Waals surface area contributed by atoms with Crippen molar-refractivity contribution in [1.82, 2.24) is 9.55 Å². The van der Waals surface area contributed by atoms with Gasteiger partial charge in [0.1, 0.15) is 0 Å². The molecule has 0 spiro atoms. The Kier molecular flexibility index (Phi) is 3.21. The summed E-state index contributed by atoms with van der Waals surface area (Å²) < 4.78 is 6.61. The molecule has 96 valence electrons. The minimum absolute atomic E-state index is 0.298. The molecule has 0 radical (unpaired) electrons. The fourth-order valence-electron chi connectivity index (χ4n) is 1.61. The SMILES string of the molecule is CC(C)(CCn1c(=O)oc2cccnc21)C(N)=S. The highest BCUT2D eigenvalue weighted by Gasteiger charge is 2.22. The Hall–Kier alpha value is -1.69. The molecule has 0 amide bonds. The topological polar surface area (TPSA) is 74.0 Å². The molecule has 18 heavy (non-hydrogen) atoms. The van der Waals surface area contributed by atoms with Crippen molar-refractivity contribution in [2.24, 2.45) is 11.1 Å². The van der Waals surface area contributed by atoms with Gasteiger partial charge in [-0.15, -0.1) is 0 Å². The number of thiocarbonyl (C=S) groups is 1. The summed E-state index contributed by atoms with van der Waals surface area (Å²) in [5.74, 6) is -0.401. The minimum atomic E-state index is -0.401. The van der Waals surface area contributed by atoms with E-state index in [9.17, 15) is 4.79 Å². The Morgan fingerprint density at radius 2 is 2.33 bits per heavy atom. The van der Waals surface area contributed by atoms with Crippen LogP contribution in [-0.2, 0) is 6.54 Å². The molecule has 2 N–H and O–H groups in total. The highest BCUT2D eigenvalue weighted by molar-refractivity contribution is 7.80. The molecule has 0 aliphatic rings. The fourth-order valence-corrected chi connectivity index (χ4v) is 1.71. The van der Waals surface area contributed by atoms with E-state index in [2.05, 4.69) is 4.98 Å². The number of aryl methyl sites for hydroxylation is 1. The third kappa shape index (κ3) is 2.28. The van der Waals surface area contributed by atoms with Crippen molar-refractivity contribution in [2.75, 3.05) is 0 Å². The van der Waals surface area contributed by atoms with Gasteiger partial charge in [0.05, 0.1) is 4.99 Å². The molecule has 2 heterocycles. The second-order valence-corrected chi connectivity index (χ2v) is 5.28. The first-order valence-electron chi connectivity index (χ1n) is 5.66. The summed E-state index contributed by atoms with van der Waals surface area (Å²) in [5.41, 5.74) is 6.42. The summed E-state index contributed by atoms with van der Waals surface area (Å²) in [6, 6.07) is 3.45. The number of pyridine rings is 1.